The van der Waals surface area contributed by atoms with Crippen LogP contribution in [-0.2, 0) is 13.1 Å². The topological polar surface area (TPSA) is 92.9 Å². The van der Waals surface area contributed by atoms with Crippen LogP contribution in [0, 0.1) is 0 Å². The van der Waals surface area contributed by atoms with Crippen LogP contribution in [0.3, 0.4) is 0 Å². The number of nitrogen functional groups attached to an aromatic ring is 1. The molecule has 1 aromatic heterocycles. The van der Waals surface area contributed by atoms with Crippen molar-refractivity contribution in [2.75, 3.05) is 11.1 Å². The minimum absolute atomic E-state index is 0.0887. The molecule has 96 valence electrons. The van der Waals surface area contributed by atoms with Crippen LogP contribution >= 0.6 is 0 Å². The zero-order chi connectivity index (χ0) is 13.2. The van der Waals surface area contributed by atoms with Crippen molar-refractivity contribution in [1.82, 2.24) is 15.3 Å². The molecule has 0 aliphatic carbocycles. The number of anilines is 2. The van der Waals surface area contributed by atoms with Gasteiger partial charge in [-0.1, -0.05) is 6.07 Å². The van der Waals surface area contributed by atoms with Gasteiger partial charge in [0.05, 0.1) is 0 Å². The third kappa shape index (κ3) is 2.38. The Bertz CT molecular complexity index is 641. The van der Waals surface area contributed by atoms with Gasteiger partial charge in [0.25, 0.3) is 5.91 Å². The number of nitrogens with zero attached hydrogens (tertiary/aromatic N) is 2. The first-order chi connectivity index (χ1) is 9.22. The molecule has 0 unspecified atom stereocenters. The third-order valence-corrected chi connectivity index (χ3v) is 3.00. The van der Waals surface area contributed by atoms with Crippen molar-refractivity contribution in [3.05, 3.63) is 47.3 Å². The molecule has 6 heteroatoms. The highest BCUT2D eigenvalue weighted by atomic mass is 16.1. The number of aromatic nitrogens is 2. The monoisotopic (exact) mass is 255 g/mol. The van der Waals surface area contributed by atoms with E-state index in [0.717, 1.165) is 18.8 Å². The standard InChI is InChI=1S/C13H13N5O/c14-13-16-4-3-11(18-13)12(19)17-10-2-1-8-6-15-7-9(8)5-10/h1-5,15H,6-7H2,(H,17,19)(H2,14,16,18). The van der Waals surface area contributed by atoms with Gasteiger partial charge < -0.3 is 16.4 Å². The lowest BCUT2D eigenvalue weighted by molar-refractivity contribution is 0.102. The van der Waals surface area contributed by atoms with Crippen LogP contribution in [0.2, 0.25) is 0 Å². The molecule has 1 aromatic carbocycles. The molecule has 0 radical (unpaired) electrons. The summed E-state index contributed by atoms with van der Waals surface area (Å²) >= 11 is 0. The number of fused-ring (bicyclic) bond motifs is 1. The van der Waals surface area contributed by atoms with E-state index in [1.54, 1.807) is 0 Å². The number of nitrogens with one attached hydrogen (secondary N) is 2. The molecule has 19 heavy (non-hydrogen) atoms. The molecular weight excluding hydrogens is 242 g/mol. The summed E-state index contributed by atoms with van der Waals surface area (Å²) in [6, 6.07) is 7.39. The molecule has 2 heterocycles. The predicted octanol–water partition coefficient (Wildman–Crippen LogP) is 0.914. The average molecular weight is 255 g/mol. The molecule has 3 rings (SSSR count). The summed E-state index contributed by atoms with van der Waals surface area (Å²) in [7, 11) is 0. The Balaban J connectivity index is 1.80. The fourth-order valence-electron chi connectivity index (χ4n) is 2.07. The predicted molar refractivity (Wildman–Crippen MR) is 71.4 cm³/mol. The lowest BCUT2D eigenvalue weighted by Gasteiger charge is -2.06. The van der Waals surface area contributed by atoms with Crippen LogP contribution in [0.15, 0.2) is 30.5 Å². The fraction of sp³-hybridized carbons (Fsp3) is 0.154. The Hall–Kier alpha value is -2.47. The molecule has 1 aliphatic heterocycles. The Morgan fingerprint density at radius 1 is 1.26 bits per heavy atom. The molecule has 2 aromatic rings. The van der Waals surface area contributed by atoms with Crippen LogP contribution in [0.1, 0.15) is 21.6 Å². The Kier molecular flexibility index (Phi) is 2.85. The van der Waals surface area contributed by atoms with Gasteiger partial charge in [-0.15, -0.1) is 0 Å². The number of carbonyl (C=O) groups excluding carboxylic acids is 1. The molecule has 1 aliphatic rings. The molecule has 0 fully saturated rings. The van der Waals surface area contributed by atoms with Crippen molar-refractivity contribution in [2.24, 2.45) is 0 Å². The van der Waals surface area contributed by atoms with Crippen molar-refractivity contribution < 1.29 is 4.79 Å². The van der Waals surface area contributed by atoms with Gasteiger partial charge in [-0.25, -0.2) is 9.97 Å². The van der Waals surface area contributed by atoms with E-state index in [2.05, 4.69) is 20.6 Å². The average Bonchev–Trinajstić information content (AvgIpc) is 2.86. The number of carbonyl (C=O) groups is 1. The fourth-order valence-corrected chi connectivity index (χ4v) is 2.07. The van der Waals surface area contributed by atoms with Gasteiger partial charge >= 0.3 is 0 Å². The lowest BCUT2D eigenvalue weighted by atomic mass is 10.1. The van der Waals surface area contributed by atoms with Gasteiger partial charge in [-0.2, -0.15) is 0 Å². The van der Waals surface area contributed by atoms with Crippen molar-refractivity contribution in [2.45, 2.75) is 13.1 Å². The van der Waals surface area contributed by atoms with E-state index in [-0.39, 0.29) is 17.5 Å². The molecule has 0 saturated carbocycles. The van der Waals surface area contributed by atoms with Crippen molar-refractivity contribution in [3.63, 3.8) is 0 Å². The molecule has 6 nitrogen and oxygen atoms in total. The highest BCUT2D eigenvalue weighted by molar-refractivity contribution is 6.03. The van der Waals surface area contributed by atoms with Gasteiger partial charge in [0.2, 0.25) is 5.95 Å². The van der Waals surface area contributed by atoms with Crippen molar-refractivity contribution in [3.8, 4) is 0 Å². The number of hydrogen-bond donors (Lipinski definition) is 3. The zero-order valence-electron chi connectivity index (χ0n) is 10.2. The first-order valence-electron chi connectivity index (χ1n) is 5.95. The summed E-state index contributed by atoms with van der Waals surface area (Å²) in [5, 5.41) is 6.06. The first-order valence-corrected chi connectivity index (χ1v) is 5.95. The van der Waals surface area contributed by atoms with Gasteiger partial charge in [-0.3, -0.25) is 4.79 Å². The second kappa shape index (κ2) is 4.66. The number of nitrogens with two attached hydrogens (primary N) is 1. The molecule has 0 bridgehead atoms. The number of amides is 1. The second-order valence-electron chi connectivity index (χ2n) is 4.34. The third-order valence-electron chi connectivity index (χ3n) is 3.00. The highest BCUT2D eigenvalue weighted by Crippen LogP contribution is 2.20. The van der Waals surface area contributed by atoms with Gasteiger partial charge in [0, 0.05) is 25.0 Å². The molecule has 0 atom stereocenters. The summed E-state index contributed by atoms with van der Waals surface area (Å²) in [6.07, 6.45) is 1.46. The summed E-state index contributed by atoms with van der Waals surface area (Å²) in [5.74, 6) is -0.203. The summed E-state index contributed by atoms with van der Waals surface area (Å²) in [4.78, 5) is 19.6. The normalized spacial score (nSPS) is 13.1. The van der Waals surface area contributed by atoms with E-state index in [9.17, 15) is 4.79 Å². The van der Waals surface area contributed by atoms with Crippen LogP contribution in [0.4, 0.5) is 11.6 Å². The van der Waals surface area contributed by atoms with Crippen LogP contribution in [-0.4, -0.2) is 15.9 Å². The van der Waals surface area contributed by atoms with Crippen molar-refractivity contribution in [1.29, 1.82) is 0 Å². The van der Waals surface area contributed by atoms with Crippen molar-refractivity contribution >= 4 is 17.5 Å². The summed E-state index contributed by atoms with van der Waals surface area (Å²) in [6.45, 7) is 1.71. The molecule has 4 N–H and O–H groups in total. The maximum atomic E-state index is 12.0. The van der Waals surface area contributed by atoms with E-state index in [1.165, 1.54) is 23.4 Å². The number of rotatable bonds is 2. The van der Waals surface area contributed by atoms with E-state index < -0.39 is 0 Å². The number of hydrogen-bond acceptors (Lipinski definition) is 5. The van der Waals surface area contributed by atoms with E-state index >= 15 is 0 Å². The van der Waals surface area contributed by atoms with Gasteiger partial charge in [-0.05, 0) is 29.3 Å². The van der Waals surface area contributed by atoms with Crippen LogP contribution < -0.4 is 16.4 Å². The second-order valence-corrected chi connectivity index (χ2v) is 4.34. The lowest BCUT2D eigenvalue weighted by Crippen LogP contribution is -2.15. The van der Waals surface area contributed by atoms with Crippen LogP contribution in [0.25, 0.3) is 0 Å². The van der Waals surface area contributed by atoms with Gasteiger partial charge in [0.1, 0.15) is 5.69 Å². The first kappa shape index (κ1) is 11.6. The molecule has 0 saturated heterocycles. The minimum atomic E-state index is -0.292. The Morgan fingerprint density at radius 3 is 2.95 bits per heavy atom. The zero-order valence-corrected chi connectivity index (χ0v) is 10.2. The summed E-state index contributed by atoms with van der Waals surface area (Å²) in [5.41, 5.74) is 8.94. The molecule has 1 amide bonds. The molecule has 0 spiro atoms. The Labute approximate surface area is 110 Å². The van der Waals surface area contributed by atoms with E-state index in [4.69, 9.17) is 5.73 Å². The number of benzene rings is 1. The van der Waals surface area contributed by atoms with E-state index in [1.807, 2.05) is 18.2 Å². The van der Waals surface area contributed by atoms with E-state index in [0.29, 0.717) is 0 Å². The highest BCUT2D eigenvalue weighted by Gasteiger charge is 2.12. The maximum Gasteiger partial charge on any atom is 0.274 e. The minimum Gasteiger partial charge on any atom is -0.368 e. The smallest absolute Gasteiger partial charge is 0.274 e. The van der Waals surface area contributed by atoms with Gasteiger partial charge in [0.15, 0.2) is 0 Å². The summed E-state index contributed by atoms with van der Waals surface area (Å²) < 4.78 is 0. The molecular formula is C13H13N5O. The SMILES string of the molecule is Nc1nccc(C(=O)Nc2ccc3c(c2)CNC3)n1. The Morgan fingerprint density at radius 2 is 2.11 bits per heavy atom. The van der Waals surface area contributed by atoms with Crippen LogP contribution in [0.5, 0.6) is 0 Å². The maximum absolute atomic E-state index is 12.0. The quantitative estimate of drug-likeness (QED) is 0.741. The largest absolute Gasteiger partial charge is 0.368 e.